The van der Waals surface area contributed by atoms with Crippen LogP contribution in [0.4, 0.5) is 4.39 Å². The summed E-state index contributed by atoms with van der Waals surface area (Å²) in [6, 6.07) is 8.26. The number of rotatable bonds is 4. The van der Waals surface area contributed by atoms with Gasteiger partial charge in [-0.1, -0.05) is 19.4 Å². The van der Waals surface area contributed by atoms with E-state index in [1.807, 2.05) is 13.0 Å². The molecular weight excluding hydrogens is 381 g/mol. The summed E-state index contributed by atoms with van der Waals surface area (Å²) < 4.78 is 13.7. The van der Waals surface area contributed by atoms with Crippen LogP contribution in [-0.4, -0.2) is 15.9 Å². The summed E-state index contributed by atoms with van der Waals surface area (Å²) in [6.07, 6.45) is 5.61. The molecule has 0 radical (unpaired) electrons. The first-order chi connectivity index (χ1) is 14.4. The Bertz CT molecular complexity index is 1170. The van der Waals surface area contributed by atoms with Gasteiger partial charge in [-0.2, -0.15) is 0 Å². The number of hydrogen-bond acceptors (Lipinski definition) is 3. The standard InChI is InChI=1S/C24H26FN3O2/c1-3-14-4-6-17(18(11-14)16-7-5-15(25)10-13(16)2)20-12-21(29)22-19(28-20)8-9-27-23(22)24(26)30/h5,7-10,12,14,17-18H,3-4,6,11H2,1-2H3,(H2,26,30)(H,28,29)/t14?,17-,18?/m0/s1. The molecule has 3 N–H and O–H groups in total. The number of nitrogens with one attached hydrogen (secondary N) is 1. The van der Waals surface area contributed by atoms with Gasteiger partial charge in [0.05, 0.1) is 10.9 Å². The van der Waals surface area contributed by atoms with Crippen molar-refractivity contribution in [2.45, 2.75) is 51.4 Å². The van der Waals surface area contributed by atoms with Gasteiger partial charge < -0.3 is 10.7 Å². The van der Waals surface area contributed by atoms with E-state index in [9.17, 15) is 14.0 Å². The molecule has 6 heteroatoms. The maximum absolute atomic E-state index is 13.7. The lowest BCUT2D eigenvalue weighted by Crippen LogP contribution is -2.25. The Labute approximate surface area is 174 Å². The molecule has 3 atom stereocenters. The van der Waals surface area contributed by atoms with E-state index in [1.54, 1.807) is 18.2 Å². The number of aryl methyl sites for hydroxylation is 1. The molecule has 3 aromatic rings. The van der Waals surface area contributed by atoms with Gasteiger partial charge in [-0.15, -0.1) is 0 Å². The fraction of sp³-hybridized carbons (Fsp3) is 0.375. The highest BCUT2D eigenvalue weighted by molar-refractivity contribution is 6.03. The molecule has 1 aliphatic rings. The van der Waals surface area contributed by atoms with Gasteiger partial charge in [0, 0.05) is 23.9 Å². The lowest BCUT2D eigenvalue weighted by Gasteiger charge is -2.37. The number of benzene rings is 1. The Morgan fingerprint density at radius 1 is 1.23 bits per heavy atom. The van der Waals surface area contributed by atoms with Gasteiger partial charge in [0.15, 0.2) is 5.43 Å². The second-order valence-corrected chi connectivity index (χ2v) is 8.34. The zero-order chi connectivity index (χ0) is 21.4. The second kappa shape index (κ2) is 8.01. The summed E-state index contributed by atoms with van der Waals surface area (Å²) in [4.78, 5) is 32.0. The fourth-order valence-electron chi connectivity index (χ4n) is 5.01. The fourth-order valence-corrected chi connectivity index (χ4v) is 5.01. The van der Waals surface area contributed by atoms with Crippen molar-refractivity contribution in [3.8, 4) is 0 Å². The van der Waals surface area contributed by atoms with Crippen LogP contribution in [0.25, 0.3) is 10.9 Å². The lowest BCUT2D eigenvalue weighted by atomic mass is 9.68. The first-order valence-electron chi connectivity index (χ1n) is 10.5. The molecule has 0 saturated heterocycles. The quantitative estimate of drug-likeness (QED) is 0.665. The van der Waals surface area contributed by atoms with Crippen LogP contribution in [0.2, 0.25) is 0 Å². The molecule has 30 heavy (non-hydrogen) atoms. The van der Waals surface area contributed by atoms with E-state index >= 15 is 0 Å². The Morgan fingerprint density at radius 2 is 2.03 bits per heavy atom. The van der Waals surface area contributed by atoms with Crippen molar-refractivity contribution in [1.29, 1.82) is 0 Å². The van der Waals surface area contributed by atoms with Gasteiger partial charge in [-0.05, 0) is 67.3 Å². The molecule has 0 aliphatic heterocycles. The summed E-state index contributed by atoms with van der Waals surface area (Å²) in [5.74, 6) is -0.0500. The summed E-state index contributed by atoms with van der Waals surface area (Å²) in [6.45, 7) is 4.15. The molecular formula is C24H26FN3O2. The highest BCUT2D eigenvalue weighted by atomic mass is 19.1. The molecule has 0 bridgehead atoms. The number of nitrogens with two attached hydrogens (primary N) is 1. The van der Waals surface area contributed by atoms with Crippen molar-refractivity contribution in [1.82, 2.24) is 9.97 Å². The predicted octanol–water partition coefficient (Wildman–Crippen LogP) is 4.55. The number of aromatic amines is 1. The van der Waals surface area contributed by atoms with Crippen LogP contribution in [-0.2, 0) is 0 Å². The minimum atomic E-state index is -0.720. The molecule has 2 unspecified atom stereocenters. The number of halogens is 1. The minimum Gasteiger partial charge on any atom is -0.364 e. The molecule has 2 heterocycles. The van der Waals surface area contributed by atoms with E-state index in [4.69, 9.17) is 5.73 Å². The number of aromatic nitrogens is 2. The summed E-state index contributed by atoms with van der Waals surface area (Å²) >= 11 is 0. The molecule has 0 spiro atoms. The van der Waals surface area contributed by atoms with E-state index < -0.39 is 5.91 Å². The van der Waals surface area contributed by atoms with Gasteiger partial charge in [-0.25, -0.2) is 4.39 Å². The van der Waals surface area contributed by atoms with Crippen molar-refractivity contribution in [2.75, 3.05) is 0 Å². The third-order valence-corrected chi connectivity index (χ3v) is 6.56. The van der Waals surface area contributed by atoms with E-state index in [1.165, 1.54) is 12.3 Å². The van der Waals surface area contributed by atoms with Crippen molar-refractivity contribution in [3.63, 3.8) is 0 Å². The monoisotopic (exact) mass is 407 g/mol. The number of H-pyrrole nitrogens is 1. The molecule has 4 rings (SSSR count). The SMILES string of the molecule is CCC1CC[C@H](c2cc(=O)c3c(C(N)=O)nccc3[nH]2)C(c2ccc(F)cc2C)C1. The van der Waals surface area contributed by atoms with Crippen molar-refractivity contribution in [2.24, 2.45) is 11.7 Å². The minimum absolute atomic E-state index is 0.0130. The molecule has 5 nitrogen and oxygen atoms in total. The average molecular weight is 407 g/mol. The number of amides is 1. The lowest BCUT2D eigenvalue weighted by molar-refractivity contribution is 0.0997. The van der Waals surface area contributed by atoms with Crippen LogP contribution >= 0.6 is 0 Å². The largest absolute Gasteiger partial charge is 0.364 e. The van der Waals surface area contributed by atoms with Crippen LogP contribution in [0, 0.1) is 18.7 Å². The summed E-state index contributed by atoms with van der Waals surface area (Å²) in [5.41, 5.74) is 8.61. The number of carbonyl (C=O) groups is 1. The second-order valence-electron chi connectivity index (χ2n) is 8.34. The van der Waals surface area contributed by atoms with E-state index in [2.05, 4.69) is 16.9 Å². The van der Waals surface area contributed by atoms with Crippen molar-refractivity contribution < 1.29 is 9.18 Å². The maximum atomic E-state index is 13.7. The highest BCUT2D eigenvalue weighted by Crippen LogP contribution is 2.47. The predicted molar refractivity (Wildman–Crippen MR) is 115 cm³/mol. The third-order valence-electron chi connectivity index (χ3n) is 6.56. The Balaban J connectivity index is 1.83. The number of pyridine rings is 2. The van der Waals surface area contributed by atoms with Gasteiger partial charge >= 0.3 is 0 Å². The van der Waals surface area contributed by atoms with Gasteiger partial charge in [0.25, 0.3) is 5.91 Å². The number of carbonyl (C=O) groups excluding carboxylic acids is 1. The molecule has 1 aromatic carbocycles. The van der Waals surface area contributed by atoms with E-state index in [0.29, 0.717) is 11.4 Å². The Kier molecular flexibility index (Phi) is 5.41. The first-order valence-corrected chi connectivity index (χ1v) is 10.5. The number of nitrogens with zero attached hydrogens (tertiary/aromatic N) is 1. The maximum Gasteiger partial charge on any atom is 0.268 e. The number of primary amides is 1. The smallest absolute Gasteiger partial charge is 0.268 e. The zero-order valence-corrected chi connectivity index (χ0v) is 17.2. The first kappa shape index (κ1) is 20.3. The Morgan fingerprint density at radius 3 is 2.73 bits per heavy atom. The molecule has 1 fully saturated rings. The van der Waals surface area contributed by atoms with Crippen molar-refractivity contribution in [3.05, 3.63) is 75.1 Å². The Hall–Kier alpha value is -3.02. The molecule has 2 aromatic heterocycles. The van der Waals surface area contributed by atoms with Crippen LogP contribution in [0.1, 0.15) is 71.8 Å². The van der Waals surface area contributed by atoms with E-state index in [0.717, 1.165) is 42.5 Å². The van der Waals surface area contributed by atoms with Gasteiger partial charge in [0.2, 0.25) is 0 Å². The molecule has 156 valence electrons. The van der Waals surface area contributed by atoms with Crippen molar-refractivity contribution >= 4 is 16.8 Å². The van der Waals surface area contributed by atoms with Crippen LogP contribution < -0.4 is 11.2 Å². The third kappa shape index (κ3) is 3.62. The van der Waals surface area contributed by atoms with E-state index in [-0.39, 0.29) is 34.2 Å². The topological polar surface area (TPSA) is 88.8 Å². The highest BCUT2D eigenvalue weighted by Gasteiger charge is 2.33. The van der Waals surface area contributed by atoms with Gasteiger partial charge in [-0.3, -0.25) is 14.6 Å². The van der Waals surface area contributed by atoms with Gasteiger partial charge in [0.1, 0.15) is 11.5 Å². The number of fused-ring (bicyclic) bond motifs is 1. The normalized spacial score (nSPS) is 21.6. The summed E-state index contributed by atoms with van der Waals surface area (Å²) in [7, 11) is 0. The summed E-state index contributed by atoms with van der Waals surface area (Å²) in [5, 5.41) is 0.227. The molecule has 1 aliphatic carbocycles. The van der Waals surface area contributed by atoms with Crippen LogP contribution in [0.3, 0.4) is 0 Å². The molecule has 1 amide bonds. The average Bonchev–Trinajstić information content (AvgIpc) is 2.72. The van der Waals surface area contributed by atoms with Crippen LogP contribution in [0.5, 0.6) is 0 Å². The van der Waals surface area contributed by atoms with Crippen LogP contribution in [0.15, 0.2) is 41.3 Å². The molecule has 1 saturated carbocycles. The number of hydrogen-bond donors (Lipinski definition) is 2. The zero-order valence-electron chi connectivity index (χ0n) is 17.2.